The highest BCUT2D eigenvalue weighted by Gasteiger charge is 2.36. The van der Waals surface area contributed by atoms with Crippen LogP contribution in [-0.4, -0.2) is 46.7 Å². The molecule has 0 aliphatic heterocycles. The SMILES string of the molecule is CCCCC(CC)CN(Cc1ccccn1)c1ncnc([N+](C)(C)C(=O)OC2=CCCC=C2)n1. The molecule has 3 rings (SSSR count). The monoisotopic (exact) mass is 465 g/mol. The van der Waals surface area contributed by atoms with Gasteiger partial charge in [-0.1, -0.05) is 45.3 Å². The molecule has 0 N–H and O–H groups in total. The Morgan fingerprint density at radius 1 is 1.18 bits per heavy atom. The third-order valence-corrected chi connectivity index (χ3v) is 6.05. The standard InChI is InChI=1S/C26H37N6O2/c1-5-7-13-21(6-2)18-31(19-22-14-11-12-17-27-22)24-28-20-29-25(30-24)32(3,4)26(33)34-23-15-9-8-10-16-23/h9,11-12,14-17,20-21H,5-8,10,13,18-19H2,1-4H3/q+1. The summed E-state index contributed by atoms with van der Waals surface area (Å²) < 4.78 is 5.37. The molecule has 0 fully saturated rings. The van der Waals surface area contributed by atoms with Crippen LogP contribution in [0.4, 0.5) is 16.7 Å². The molecule has 0 saturated heterocycles. The van der Waals surface area contributed by atoms with Gasteiger partial charge in [0.15, 0.2) is 0 Å². The van der Waals surface area contributed by atoms with E-state index < -0.39 is 6.09 Å². The van der Waals surface area contributed by atoms with Gasteiger partial charge in [0.05, 0.1) is 26.3 Å². The number of amides is 1. The van der Waals surface area contributed by atoms with Crippen molar-refractivity contribution < 1.29 is 9.53 Å². The number of hydrogen-bond donors (Lipinski definition) is 0. The summed E-state index contributed by atoms with van der Waals surface area (Å²) >= 11 is 0. The number of pyridine rings is 1. The molecule has 0 saturated carbocycles. The van der Waals surface area contributed by atoms with E-state index in [0.29, 0.717) is 30.1 Å². The number of hydrogen-bond acceptors (Lipinski definition) is 7. The van der Waals surface area contributed by atoms with E-state index in [1.807, 2.05) is 36.4 Å². The highest BCUT2D eigenvalue weighted by molar-refractivity contribution is 5.80. The zero-order valence-electron chi connectivity index (χ0n) is 20.9. The topological polar surface area (TPSA) is 81.1 Å². The fraction of sp³-hybridized carbons (Fsp3) is 0.500. The predicted molar refractivity (Wildman–Crippen MR) is 135 cm³/mol. The number of rotatable bonds is 11. The minimum Gasteiger partial charge on any atom is -0.381 e. The third kappa shape index (κ3) is 6.93. The van der Waals surface area contributed by atoms with Crippen molar-refractivity contribution in [1.82, 2.24) is 24.4 Å². The van der Waals surface area contributed by atoms with E-state index in [1.165, 1.54) is 19.2 Å². The van der Waals surface area contributed by atoms with Crippen LogP contribution in [0.5, 0.6) is 0 Å². The maximum absolute atomic E-state index is 13.0. The molecule has 0 spiro atoms. The quantitative estimate of drug-likeness (QED) is 0.409. The molecule has 0 radical (unpaired) electrons. The second-order valence-corrected chi connectivity index (χ2v) is 9.11. The van der Waals surface area contributed by atoms with Crippen molar-refractivity contribution >= 4 is 18.0 Å². The van der Waals surface area contributed by atoms with Crippen molar-refractivity contribution in [3.8, 4) is 0 Å². The van der Waals surface area contributed by atoms with Crippen LogP contribution in [0.15, 0.2) is 54.7 Å². The Kier molecular flexibility index (Phi) is 9.27. The third-order valence-electron chi connectivity index (χ3n) is 6.05. The van der Waals surface area contributed by atoms with E-state index in [1.54, 1.807) is 20.3 Å². The van der Waals surface area contributed by atoms with E-state index in [2.05, 4.69) is 33.7 Å². The highest BCUT2D eigenvalue weighted by atomic mass is 16.6. The van der Waals surface area contributed by atoms with Gasteiger partial charge in [0, 0.05) is 12.7 Å². The minimum absolute atomic E-state index is 0.245. The molecule has 182 valence electrons. The largest absolute Gasteiger partial charge is 0.528 e. The van der Waals surface area contributed by atoms with Crippen LogP contribution in [0, 0.1) is 5.92 Å². The zero-order chi connectivity index (χ0) is 24.4. The molecule has 8 nitrogen and oxygen atoms in total. The van der Waals surface area contributed by atoms with Gasteiger partial charge < -0.3 is 9.64 Å². The number of nitrogens with zero attached hydrogens (tertiary/aromatic N) is 6. The van der Waals surface area contributed by atoms with Gasteiger partial charge in [-0.15, -0.1) is 4.98 Å². The molecular formula is C26H37N6O2+. The lowest BCUT2D eigenvalue weighted by Gasteiger charge is -2.28. The number of carbonyl (C=O) groups excluding carboxylic acids is 1. The Hall–Kier alpha value is -3.13. The summed E-state index contributed by atoms with van der Waals surface area (Å²) in [6.45, 7) is 5.84. The van der Waals surface area contributed by atoms with Gasteiger partial charge in [-0.3, -0.25) is 4.98 Å². The summed E-state index contributed by atoms with van der Waals surface area (Å²) in [5, 5.41) is 0. The van der Waals surface area contributed by atoms with Gasteiger partial charge >= 0.3 is 12.0 Å². The van der Waals surface area contributed by atoms with Crippen molar-refractivity contribution in [2.24, 2.45) is 5.92 Å². The highest BCUT2D eigenvalue weighted by Crippen LogP contribution is 2.23. The fourth-order valence-corrected chi connectivity index (χ4v) is 3.80. The number of aromatic nitrogens is 4. The predicted octanol–water partition coefficient (Wildman–Crippen LogP) is 5.43. The van der Waals surface area contributed by atoms with Gasteiger partial charge in [-0.2, -0.15) is 14.3 Å². The van der Waals surface area contributed by atoms with Crippen molar-refractivity contribution in [3.05, 3.63) is 60.4 Å². The van der Waals surface area contributed by atoms with Gasteiger partial charge in [0.25, 0.3) is 0 Å². The maximum Gasteiger partial charge on any atom is 0.528 e. The van der Waals surface area contributed by atoms with E-state index in [-0.39, 0.29) is 4.48 Å². The summed E-state index contributed by atoms with van der Waals surface area (Å²) in [7, 11) is 3.46. The molecule has 1 amide bonds. The first-order valence-corrected chi connectivity index (χ1v) is 12.2. The van der Waals surface area contributed by atoms with Gasteiger partial charge in [0.1, 0.15) is 12.1 Å². The molecule has 1 aliphatic rings. The van der Waals surface area contributed by atoms with Crippen LogP contribution in [-0.2, 0) is 11.3 Å². The molecule has 0 aromatic carbocycles. The molecule has 2 aromatic rings. The van der Waals surface area contributed by atoms with Gasteiger partial charge in [-0.05, 0) is 49.5 Å². The smallest absolute Gasteiger partial charge is 0.381 e. The lowest BCUT2D eigenvalue weighted by atomic mass is 9.99. The Bertz CT molecular complexity index is 990. The fourth-order valence-electron chi connectivity index (χ4n) is 3.80. The molecule has 1 unspecified atom stereocenters. The van der Waals surface area contributed by atoms with Crippen LogP contribution < -0.4 is 9.38 Å². The van der Waals surface area contributed by atoms with Crippen LogP contribution in [0.3, 0.4) is 0 Å². The van der Waals surface area contributed by atoms with Crippen LogP contribution in [0.2, 0.25) is 0 Å². The first-order chi connectivity index (χ1) is 16.4. The maximum atomic E-state index is 13.0. The average Bonchev–Trinajstić information content (AvgIpc) is 2.87. The summed E-state index contributed by atoms with van der Waals surface area (Å²) in [6, 6.07) is 5.90. The van der Waals surface area contributed by atoms with Crippen LogP contribution in [0.25, 0.3) is 0 Å². The minimum atomic E-state index is -0.444. The van der Waals surface area contributed by atoms with Crippen LogP contribution in [0.1, 0.15) is 58.1 Å². The summed E-state index contributed by atoms with van der Waals surface area (Å²) in [4.78, 5) is 33.2. The van der Waals surface area contributed by atoms with E-state index in [9.17, 15) is 4.79 Å². The molecule has 8 heteroatoms. The Labute approximate surface area is 203 Å². The molecule has 1 aliphatic carbocycles. The lowest BCUT2D eigenvalue weighted by Crippen LogP contribution is -2.48. The first kappa shape index (κ1) is 25.5. The normalized spacial score (nSPS) is 14.4. The summed E-state index contributed by atoms with van der Waals surface area (Å²) in [5.74, 6) is 1.96. The molecule has 2 aromatic heterocycles. The Morgan fingerprint density at radius 3 is 2.71 bits per heavy atom. The summed E-state index contributed by atoms with van der Waals surface area (Å²) in [6.07, 6.45) is 15.0. The van der Waals surface area contributed by atoms with Gasteiger partial charge in [-0.25, -0.2) is 4.98 Å². The van der Waals surface area contributed by atoms with E-state index in [0.717, 1.165) is 37.9 Å². The second-order valence-electron chi connectivity index (χ2n) is 9.11. The van der Waals surface area contributed by atoms with E-state index in [4.69, 9.17) is 9.72 Å². The number of unbranched alkanes of at least 4 members (excludes halogenated alkanes) is 1. The van der Waals surface area contributed by atoms with Crippen molar-refractivity contribution in [3.63, 3.8) is 0 Å². The Balaban J connectivity index is 1.85. The van der Waals surface area contributed by atoms with Crippen molar-refractivity contribution in [2.75, 3.05) is 25.5 Å². The lowest BCUT2D eigenvalue weighted by molar-refractivity contribution is 0.147. The molecule has 0 bridgehead atoms. The zero-order valence-corrected chi connectivity index (χ0v) is 20.9. The number of allylic oxidation sites excluding steroid dienone is 3. The van der Waals surface area contributed by atoms with Gasteiger partial charge in [0.2, 0.25) is 5.95 Å². The molecular weight excluding hydrogens is 428 g/mol. The van der Waals surface area contributed by atoms with Crippen molar-refractivity contribution in [2.45, 2.75) is 58.9 Å². The van der Waals surface area contributed by atoms with Crippen LogP contribution >= 0.6 is 0 Å². The molecule has 2 heterocycles. The molecule has 1 atom stereocenters. The number of quaternary nitrogens is 1. The number of anilines is 1. The Morgan fingerprint density at radius 2 is 2.03 bits per heavy atom. The van der Waals surface area contributed by atoms with Crippen molar-refractivity contribution in [1.29, 1.82) is 0 Å². The first-order valence-electron chi connectivity index (χ1n) is 12.2. The average molecular weight is 466 g/mol. The number of ether oxygens (including phenoxy) is 1. The van der Waals surface area contributed by atoms with E-state index >= 15 is 0 Å². The number of carbonyl (C=O) groups is 1. The molecule has 34 heavy (non-hydrogen) atoms. The summed E-state index contributed by atoms with van der Waals surface area (Å²) in [5.41, 5.74) is 0.944. The second kappa shape index (κ2) is 12.4.